The Balaban J connectivity index is 1.54. The number of imidazole rings is 1. The van der Waals surface area contributed by atoms with Crippen LogP contribution in [0.15, 0.2) is 43.0 Å². The van der Waals surface area contributed by atoms with Gasteiger partial charge in [0.1, 0.15) is 24.6 Å². The van der Waals surface area contributed by atoms with Crippen molar-refractivity contribution in [3.05, 3.63) is 60.3 Å². The molecule has 1 aromatic carbocycles. The Hall–Kier alpha value is -3.63. The molecule has 2 aromatic heterocycles. The van der Waals surface area contributed by atoms with Crippen LogP contribution in [0.5, 0.6) is 0 Å². The first-order valence-electron chi connectivity index (χ1n) is 9.52. The average molecular weight is 432 g/mol. The Labute approximate surface area is 175 Å². The Morgan fingerprint density at radius 1 is 1.19 bits per heavy atom. The third-order valence-electron chi connectivity index (χ3n) is 4.91. The second-order valence-electron chi connectivity index (χ2n) is 7.11. The fourth-order valence-electron chi connectivity index (χ4n) is 3.20. The largest absolute Gasteiger partial charge is 0.447 e. The number of aromatic nitrogens is 4. The summed E-state index contributed by atoms with van der Waals surface area (Å²) in [5.74, 6) is -1.54. The normalized spacial score (nSPS) is 18.0. The Kier molecular flexibility index (Phi) is 5.49. The minimum atomic E-state index is -1.44. The lowest BCUT2D eigenvalue weighted by Gasteiger charge is -2.22. The molecule has 31 heavy (non-hydrogen) atoms. The highest BCUT2D eigenvalue weighted by Crippen LogP contribution is 2.28. The number of hydrogen-bond donors (Lipinski definition) is 1. The molecular formula is C20H19F3N6O2. The zero-order chi connectivity index (χ0) is 22.1. The highest BCUT2D eigenvalue weighted by molar-refractivity contribution is 5.89. The van der Waals surface area contributed by atoms with Crippen LogP contribution in [0.1, 0.15) is 25.6 Å². The van der Waals surface area contributed by atoms with Gasteiger partial charge in [0.25, 0.3) is 0 Å². The number of carbonyl (C=O) groups is 1. The second kappa shape index (κ2) is 8.25. The summed E-state index contributed by atoms with van der Waals surface area (Å²) in [6.45, 7) is 2.86. The fraction of sp³-hybridized carbons (Fsp3) is 0.300. The molecule has 0 radical (unpaired) electrons. The fourth-order valence-corrected chi connectivity index (χ4v) is 3.20. The predicted molar refractivity (Wildman–Crippen MR) is 106 cm³/mol. The van der Waals surface area contributed by atoms with Crippen molar-refractivity contribution in [3.63, 3.8) is 0 Å². The van der Waals surface area contributed by atoms with Gasteiger partial charge in [-0.2, -0.15) is 4.98 Å². The first-order chi connectivity index (χ1) is 14.8. The van der Waals surface area contributed by atoms with E-state index in [4.69, 9.17) is 4.74 Å². The van der Waals surface area contributed by atoms with E-state index < -0.39 is 24.1 Å². The van der Waals surface area contributed by atoms with Crippen molar-refractivity contribution < 1.29 is 22.7 Å². The molecule has 1 aliphatic heterocycles. The molecule has 3 atom stereocenters. The van der Waals surface area contributed by atoms with Crippen molar-refractivity contribution >= 4 is 17.9 Å². The molecule has 0 spiro atoms. The van der Waals surface area contributed by atoms with E-state index in [2.05, 4.69) is 20.3 Å². The summed E-state index contributed by atoms with van der Waals surface area (Å²) in [5, 5.41) is 2.98. The van der Waals surface area contributed by atoms with Crippen LogP contribution >= 0.6 is 0 Å². The molecule has 4 rings (SSSR count). The molecule has 11 heteroatoms. The molecule has 3 aromatic rings. The summed E-state index contributed by atoms with van der Waals surface area (Å²) in [6.07, 6.45) is 1.91. The molecule has 0 saturated carbocycles. The molecule has 3 heterocycles. The Morgan fingerprint density at radius 2 is 1.94 bits per heavy atom. The predicted octanol–water partition coefficient (Wildman–Crippen LogP) is 3.80. The molecular weight excluding hydrogens is 413 g/mol. The van der Waals surface area contributed by atoms with Gasteiger partial charge in [0, 0.05) is 11.9 Å². The van der Waals surface area contributed by atoms with Crippen molar-refractivity contribution in [2.75, 3.05) is 16.8 Å². The van der Waals surface area contributed by atoms with E-state index >= 15 is 0 Å². The van der Waals surface area contributed by atoms with Crippen molar-refractivity contribution in [2.24, 2.45) is 0 Å². The first kappa shape index (κ1) is 20.6. The second-order valence-corrected chi connectivity index (χ2v) is 7.11. The van der Waals surface area contributed by atoms with Gasteiger partial charge in [0.2, 0.25) is 5.95 Å². The van der Waals surface area contributed by atoms with Crippen LogP contribution in [0.3, 0.4) is 0 Å². The summed E-state index contributed by atoms with van der Waals surface area (Å²) in [4.78, 5) is 25.2. The summed E-state index contributed by atoms with van der Waals surface area (Å²) < 4.78 is 47.9. The van der Waals surface area contributed by atoms with Crippen molar-refractivity contribution in [1.29, 1.82) is 0 Å². The zero-order valence-electron chi connectivity index (χ0n) is 16.7. The van der Waals surface area contributed by atoms with E-state index in [0.29, 0.717) is 5.69 Å². The quantitative estimate of drug-likeness (QED) is 0.638. The van der Waals surface area contributed by atoms with E-state index in [1.54, 1.807) is 36.1 Å². The lowest BCUT2D eigenvalue weighted by molar-refractivity contribution is 0.174. The Bertz CT molecular complexity index is 1090. The molecule has 1 saturated heterocycles. The van der Waals surface area contributed by atoms with Gasteiger partial charge in [0.15, 0.2) is 11.6 Å². The van der Waals surface area contributed by atoms with Crippen LogP contribution < -0.4 is 10.2 Å². The van der Waals surface area contributed by atoms with Gasteiger partial charge in [-0.15, -0.1) is 0 Å². The number of nitrogens with zero attached hydrogens (tertiary/aromatic N) is 5. The zero-order valence-corrected chi connectivity index (χ0v) is 16.7. The average Bonchev–Trinajstić information content (AvgIpc) is 3.37. The number of carbonyl (C=O) groups excluding carboxylic acids is 1. The molecule has 8 nitrogen and oxygen atoms in total. The highest BCUT2D eigenvalue weighted by atomic mass is 19.1. The molecule has 1 unspecified atom stereocenters. The molecule has 1 N–H and O–H groups in total. The van der Waals surface area contributed by atoms with E-state index in [-0.39, 0.29) is 30.2 Å². The number of hydrogen-bond acceptors (Lipinski definition) is 6. The maximum atomic E-state index is 14.3. The van der Waals surface area contributed by atoms with E-state index in [1.165, 1.54) is 19.1 Å². The topological polar surface area (TPSA) is 85.2 Å². The lowest BCUT2D eigenvalue weighted by Crippen LogP contribution is -2.40. The summed E-state index contributed by atoms with van der Waals surface area (Å²) in [7, 11) is 0. The molecule has 1 fully saturated rings. The number of alkyl halides is 1. The standard InChI is InChI=1S/C20H19F3N6O2/c1-11(21)17-9-31-20(30)29(17)18-15(23)7-24-19(27-18)26-12(2)16-8-28(10-25-16)14-5-3-13(22)4-6-14/h3-8,10-12,17H,9H2,1-2H3,(H,24,26,27)/t11-,12-,17?/m0/s1. The van der Waals surface area contributed by atoms with Gasteiger partial charge >= 0.3 is 6.09 Å². The van der Waals surface area contributed by atoms with Crippen molar-refractivity contribution in [1.82, 2.24) is 19.5 Å². The van der Waals surface area contributed by atoms with Gasteiger partial charge in [-0.25, -0.2) is 32.8 Å². The number of halogens is 3. The number of anilines is 2. The number of benzene rings is 1. The molecule has 1 aliphatic rings. The van der Waals surface area contributed by atoms with E-state index in [0.717, 1.165) is 16.8 Å². The minimum Gasteiger partial charge on any atom is -0.447 e. The maximum Gasteiger partial charge on any atom is 0.416 e. The smallest absolute Gasteiger partial charge is 0.416 e. The van der Waals surface area contributed by atoms with Gasteiger partial charge < -0.3 is 14.6 Å². The lowest BCUT2D eigenvalue weighted by atomic mass is 10.2. The third kappa shape index (κ3) is 4.16. The van der Waals surface area contributed by atoms with Gasteiger partial charge in [-0.1, -0.05) is 0 Å². The number of nitrogens with one attached hydrogen (secondary N) is 1. The monoisotopic (exact) mass is 432 g/mol. The van der Waals surface area contributed by atoms with Gasteiger partial charge in [-0.05, 0) is 38.1 Å². The molecule has 162 valence electrons. The molecule has 0 bridgehead atoms. The van der Waals surface area contributed by atoms with Crippen molar-refractivity contribution in [3.8, 4) is 5.69 Å². The van der Waals surface area contributed by atoms with Gasteiger partial charge in [-0.3, -0.25) is 0 Å². The highest BCUT2D eigenvalue weighted by Gasteiger charge is 2.40. The number of amides is 1. The van der Waals surface area contributed by atoms with Gasteiger partial charge in [0.05, 0.1) is 24.3 Å². The summed E-state index contributed by atoms with van der Waals surface area (Å²) >= 11 is 0. The van der Waals surface area contributed by atoms with Crippen molar-refractivity contribution in [2.45, 2.75) is 32.1 Å². The van der Waals surface area contributed by atoms with Crippen LogP contribution in [0.4, 0.5) is 29.7 Å². The maximum absolute atomic E-state index is 14.3. The van der Waals surface area contributed by atoms with Crippen LogP contribution in [0.25, 0.3) is 5.69 Å². The SMILES string of the molecule is C[C@H](Nc1ncc(F)c(N2C(=O)OCC2[C@H](C)F)n1)c1cn(-c2ccc(F)cc2)cn1. The summed E-state index contributed by atoms with van der Waals surface area (Å²) in [6, 6.07) is 4.56. The Morgan fingerprint density at radius 3 is 2.65 bits per heavy atom. The third-order valence-corrected chi connectivity index (χ3v) is 4.91. The number of cyclic esters (lactones) is 1. The van der Waals surface area contributed by atoms with E-state index in [1.807, 2.05) is 0 Å². The number of rotatable bonds is 6. The van der Waals surface area contributed by atoms with Crippen LogP contribution in [-0.2, 0) is 4.74 Å². The number of ether oxygens (including phenoxy) is 1. The van der Waals surface area contributed by atoms with E-state index in [9.17, 15) is 18.0 Å². The van der Waals surface area contributed by atoms with Crippen LogP contribution in [0.2, 0.25) is 0 Å². The molecule has 1 amide bonds. The first-order valence-corrected chi connectivity index (χ1v) is 9.52. The van der Waals surface area contributed by atoms with Crippen LogP contribution in [-0.4, -0.2) is 44.4 Å². The molecule has 0 aliphatic carbocycles. The minimum absolute atomic E-state index is 0.0326. The summed E-state index contributed by atoms with van der Waals surface area (Å²) in [5.41, 5.74) is 1.35. The van der Waals surface area contributed by atoms with Crippen LogP contribution in [0, 0.1) is 11.6 Å².